The van der Waals surface area contributed by atoms with E-state index in [0.29, 0.717) is 35.3 Å². The van der Waals surface area contributed by atoms with Crippen LogP contribution in [0.2, 0.25) is 4.34 Å². The molecule has 4 rings (SSSR count). The van der Waals surface area contributed by atoms with E-state index in [1.165, 1.54) is 33.9 Å². The molecule has 0 aliphatic carbocycles. The van der Waals surface area contributed by atoms with Crippen LogP contribution in [-0.2, 0) is 12.7 Å². The average molecular weight is 459 g/mol. The predicted octanol–water partition coefficient (Wildman–Crippen LogP) is 4.78. The molecular formula is C18H14ClF3N4OS2. The average Bonchev–Trinajstić information content (AvgIpc) is 3.32. The maximum atomic E-state index is 12.7. The van der Waals surface area contributed by atoms with Gasteiger partial charge in [-0.15, -0.1) is 22.7 Å². The zero-order valence-electron chi connectivity index (χ0n) is 14.8. The van der Waals surface area contributed by atoms with Crippen LogP contribution in [0.3, 0.4) is 0 Å². The zero-order valence-corrected chi connectivity index (χ0v) is 17.2. The number of rotatable bonds is 4. The van der Waals surface area contributed by atoms with Gasteiger partial charge in [0.1, 0.15) is 11.2 Å². The number of nitrogens with zero attached hydrogens (tertiary/aromatic N) is 4. The van der Waals surface area contributed by atoms with Crippen LogP contribution >= 0.6 is 34.3 Å². The molecule has 3 aromatic rings. The van der Waals surface area contributed by atoms with Crippen molar-refractivity contribution in [3.8, 4) is 0 Å². The standard InChI is InChI=1S/C18H14ClF3N4OS2/c19-15-4-2-13(29-15)11-5-7-25(8-6-11)16-23-10-26(17(27)24-16)9-12-1-3-14(28-12)18(20,21)22/h1-5,10H,6-9H2. The summed E-state index contributed by atoms with van der Waals surface area (Å²) in [5.41, 5.74) is 0.654. The van der Waals surface area contributed by atoms with Crippen molar-refractivity contribution in [1.82, 2.24) is 14.5 Å². The minimum absolute atomic E-state index is 0.00302. The second-order valence-electron chi connectivity index (χ2n) is 6.36. The van der Waals surface area contributed by atoms with Crippen molar-refractivity contribution < 1.29 is 13.2 Å². The van der Waals surface area contributed by atoms with Crippen molar-refractivity contribution >= 4 is 45.8 Å². The van der Waals surface area contributed by atoms with E-state index in [1.54, 1.807) is 0 Å². The van der Waals surface area contributed by atoms with Crippen molar-refractivity contribution in [2.24, 2.45) is 0 Å². The molecule has 3 aromatic heterocycles. The molecule has 0 saturated heterocycles. The lowest BCUT2D eigenvalue weighted by Gasteiger charge is -2.26. The first-order valence-corrected chi connectivity index (χ1v) is 10.6. The summed E-state index contributed by atoms with van der Waals surface area (Å²) < 4.78 is 40.1. The minimum Gasteiger partial charge on any atom is -0.337 e. The first kappa shape index (κ1) is 20.1. The molecule has 152 valence electrons. The normalized spacial score (nSPS) is 14.9. The lowest BCUT2D eigenvalue weighted by molar-refractivity contribution is -0.134. The zero-order chi connectivity index (χ0) is 20.6. The number of halogens is 4. The molecule has 4 heterocycles. The SMILES string of the molecule is O=c1nc(N2CC=C(c3ccc(Cl)s3)CC2)ncn1Cc1ccc(C(F)(F)F)s1. The Kier molecular flexibility index (Phi) is 5.50. The maximum Gasteiger partial charge on any atom is 0.425 e. The lowest BCUT2D eigenvalue weighted by Crippen LogP contribution is -2.33. The van der Waals surface area contributed by atoms with Gasteiger partial charge in [-0.1, -0.05) is 17.7 Å². The topological polar surface area (TPSA) is 51.0 Å². The summed E-state index contributed by atoms with van der Waals surface area (Å²) in [7, 11) is 0. The van der Waals surface area contributed by atoms with Crippen molar-refractivity contribution in [3.63, 3.8) is 0 Å². The van der Waals surface area contributed by atoms with Crippen molar-refractivity contribution in [2.75, 3.05) is 18.0 Å². The van der Waals surface area contributed by atoms with E-state index in [0.717, 1.165) is 21.7 Å². The largest absolute Gasteiger partial charge is 0.425 e. The highest BCUT2D eigenvalue weighted by Gasteiger charge is 2.32. The molecule has 0 bridgehead atoms. The Labute approximate surface area is 176 Å². The van der Waals surface area contributed by atoms with Gasteiger partial charge in [0.25, 0.3) is 0 Å². The van der Waals surface area contributed by atoms with Crippen molar-refractivity contribution in [2.45, 2.75) is 19.1 Å². The van der Waals surface area contributed by atoms with Gasteiger partial charge in [0.05, 0.1) is 10.9 Å². The molecule has 1 aliphatic heterocycles. The molecule has 0 fully saturated rings. The summed E-state index contributed by atoms with van der Waals surface area (Å²) in [5.74, 6) is 0.313. The highest BCUT2D eigenvalue weighted by Crippen LogP contribution is 2.35. The quantitative estimate of drug-likeness (QED) is 0.565. The highest BCUT2D eigenvalue weighted by atomic mass is 35.5. The number of aromatic nitrogens is 3. The van der Waals surface area contributed by atoms with Gasteiger partial charge in [-0.2, -0.15) is 18.2 Å². The molecule has 0 radical (unpaired) electrons. The highest BCUT2D eigenvalue weighted by molar-refractivity contribution is 7.17. The molecule has 5 nitrogen and oxygen atoms in total. The van der Waals surface area contributed by atoms with Gasteiger partial charge in [-0.25, -0.2) is 9.78 Å². The smallest absolute Gasteiger partial charge is 0.337 e. The third-order valence-electron chi connectivity index (χ3n) is 4.40. The van der Waals surface area contributed by atoms with Gasteiger partial charge < -0.3 is 4.90 Å². The molecule has 29 heavy (non-hydrogen) atoms. The summed E-state index contributed by atoms with van der Waals surface area (Å²) in [6, 6.07) is 6.23. The molecule has 0 amide bonds. The molecule has 1 aliphatic rings. The van der Waals surface area contributed by atoms with Gasteiger partial charge in [-0.05, 0) is 36.3 Å². The molecule has 0 aromatic carbocycles. The summed E-state index contributed by atoms with van der Waals surface area (Å²) >= 11 is 8.12. The third-order valence-corrected chi connectivity index (χ3v) is 6.82. The Bertz CT molecular complexity index is 1120. The van der Waals surface area contributed by atoms with E-state index in [9.17, 15) is 18.0 Å². The van der Waals surface area contributed by atoms with Gasteiger partial charge in [0.15, 0.2) is 0 Å². The van der Waals surface area contributed by atoms with Crippen LogP contribution in [0.15, 0.2) is 41.5 Å². The Morgan fingerprint density at radius 3 is 2.59 bits per heavy atom. The second-order valence-corrected chi connectivity index (χ2v) is 9.24. The minimum atomic E-state index is -4.39. The molecule has 0 N–H and O–H groups in total. The number of anilines is 1. The molecule has 0 atom stereocenters. The monoisotopic (exact) mass is 458 g/mol. The number of thiophene rings is 2. The van der Waals surface area contributed by atoms with Crippen LogP contribution in [0, 0.1) is 0 Å². The molecule has 0 spiro atoms. The number of alkyl halides is 3. The van der Waals surface area contributed by atoms with Gasteiger partial charge in [-0.3, -0.25) is 4.57 Å². The van der Waals surface area contributed by atoms with Gasteiger partial charge in [0, 0.05) is 22.8 Å². The Balaban J connectivity index is 1.46. The van der Waals surface area contributed by atoms with Crippen molar-refractivity contribution in [1.29, 1.82) is 0 Å². The summed E-state index contributed by atoms with van der Waals surface area (Å²) in [6.45, 7) is 1.22. The predicted molar refractivity (Wildman–Crippen MR) is 109 cm³/mol. The van der Waals surface area contributed by atoms with Gasteiger partial charge in [0.2, 0.25) is 5.95 Å². The number of hydrogen-bond donors (Lipinski definition) is 0. The van der Waals surface area contributed by atoms with E-state index in [-0.39, 0.29) is 6.54 Å². The van der Waals surface area contributed by atoms with E-state index in [2.05, 4.69) is 16.0 Å². The van der Waals surface area contributed by atoms with Gasteiger partial charge >= 0.3 is 11.9 Å². The Hall–Kier alpha value is -2.17. The van der Waals surface area contributed by atoms with Crippen molar-refractivity contribution in [3.05, 3.63) is 66.1 Å². The van der Waals surface area contributed by atoms with Crippen LogP contribution in [0.5, 0.6) is 0 Å². The number of hydrogen-bond acceptors (Lipinski definition) is 6. The Morgan fingerprint density at radius 2 is 2.00 bits per heavy atom. The van der Waals surface area contributed by atoms with Crippen LogP contribution in [0.1, 0.15) is 21.1 Å². The first-order chi connectivity index (χ1) is 13.8. The van der Waals surface area contributed by atoms with E-state index < -0.39 is 16.7 Å². The van der Waals surface area contributed by atoms with E-state index >= 15 is 0 Å². The summed E-state index contributed by atoms with van der Waals surface area (Å²) in [5, 5.41) is 0. The van der Waals surface area contributed by atoms with Crippen LogP contribution in [0.4, 0.5) is 19.1 Å². The summed E-state index contributed by atoms with van der Waals surface area (Å²) in [6.07, 6.45) is -0.219. The third kappa shape index (κ3) is 4.54. The molecule has 11 heteroatoms. The van der Waals surface area contributed by atoms with Crippen LogP contribution < -0.4 is 10.6 Å². The summed E-state index contributed by atoms with van der Waals surface area (Å²) in [4.78, 5) is 23.3. The molecule has 0 unspecified atom stereocenters. The van der Waals surface area contributed by atoms with Crippen LogP contribution in [-0.4, -0.2) is 27.6 Å². The maximum absolute atomic E-state index is 12.7. The van der Waals surface area contributed by atoms with E-state index in [1.807, 2.05) is 17.0 Å². The first-order valence-electron chi connectivity index (χ1n) is 8.59. The second kappa shape index (κ2) is 7.92. The molecular weight excluding hydrogens is 445 g/mol. The van der Waals surface area contributed by atoms with Crippen LogP contribution in [0.25, 0.3) is 5.57 Å². The fourth-order valence-electron chi connectivity index (χ4n) is 2.95. The lowest BCUT2D eigenvalue weighted by atomic mass is 10.1. The Morgan fingerprint density at radius 1 is 1.17 bits per heavy atom. The van der Waals surface area contributed by atoms with E-state index in [4.69, 9.17) is 11.6 Å². The molecule has 0 saturated carbocycles. The fourth-order valence-corrected chi connectivity index (χ4v) is 4.94. The fraction of sp³-hybridized carbons (Fsp3) is 0.278.